The van der Waals surface area contributed by atoms with E-state index in [-0.39, 0.29) is 0 Å². The molecule has 4 aromatic rings. The summed E-state index contributed by atoms with van der Waals surface area (Å²) in [6.45, 7) is 4.85. The molecule has 2 unspecified atom stereocenters. The lowest BCUT2D eigenvalue weighted by Crippen LogP contribution is -2.33. The summed E-state index contributed by atoms with van der Waals surface area (Å²) in [5, 5.41) is 12.7. The van der Waals surface area contributed by atoms with Gasteiger partial charge in [0.25, 0.3) is 0 Å². The quantitative estimate of drug-likeness (QED) is 0.276. The Balaban J connectivity index is 0.000000132. The highest BCUT2D eigenvalue weighted by molar-refractivity contribution is 5.84. The monoisotopic (exact) mass is 530 g/mol. The first-order valence-electron chi connectivity index (χ1n) is 16.2. The number of nitrogens with one attached hydrogen (secondary N) is 2. The zero-order valence-electron chi connectivity index (χ0n) is 24.1. The van der Waals surface area contributed by atoms with Gasteiger partial charge in [0.05, 0.1) is 0 Å². The summed E-state index contributed by atoms with van der Waals surface area (Å²) >= 11 is 0. The van der Waals surface area contributed by atoms with Crippen molar-refractivity contribution in [2.45, 2.75) is 75.0 Å². The van der Waals surface area contributed by atoms with E-state index < -0.39 is 0 Å². The van der Waals surface area contributed by atoms with Crippen molar-refractivity contribution in [2.24, 2.45) is 11.8 Å². The Hall–Kier alpha value is -2.68. The maximum Gasteiger partial charge on any atom is -0.000597 e. The Labute approximate surface area is 241 Å². The highest BCUT2D eigenvalue weighted by atomic mass is 14.9. The highest BCUT2D eigenvalue weighted by Crippen LogP contribution is 2.50. The molecule has 0 bridgehead atoms. The molecule has 0 spiro atoms. The molecule has 4 fully saturated rings. The van der Waals surface area contributed by atoms with Gasteiger partial charge in [0, 0.05) is 0 Å². The molecule has 2 aliphatic heterocycles. The predicted molar refractivity (Wildman–Crippen MR) is 170 cm³/mol. The van der Waals surface area contributed by atoms with E-state index in [1.807, 2.05) is 0 Å². The molecule has 2 heterocycles. The van der Waals surface area contributed by atoms with E-state index >= 15 is 0 Å². The van der Waals surface area contributed by atoms with Gasteiger partial charge in [-0.3, -0.25) is 0 Å². The van der Waals surface area contributed by atoms with Crippen LogP contribution in [0.2, 0.25) is 0 Å². The Morgan fingerprint density at radius 2 is 0.875 bits per heavy atom. The van der Waals surface area contributed by atoms with E-state index in [9.17, 15) is 0 Å². The second-order valence-electron chi connectivity index (χ2n) is 13.2. The summed E-state index contributed by atoms with van der Waals surface area (Å²) in [4.78, 5) is 0. The van der Waals surface area contributed by atoms with Crippen molar-refractivity contribution < 1.29 is 0 Å². The van der Waals surface area contributed by atoms with Gasteiger partial charge in [-0.2, -0.15) is 0 Å². The number of rotatable bonds is 4. The van der Waals surface area contributed by atoms with Crippen molar-refractivity contribution in [3.63, 3.8) is 0 Å². The van der Waals surface area contributed by atoms with Crippen molar-refractivity contribution in [2.75, 3.05) is 26.2 Å². The van der Waals surface area contributed by atoms with E-state index in [4.69, 9.17) is 0 Å². The van der Waals surface area contributed by atoms with Crippen molar-refractivity contribution in [3.8, 4) is 0 Å². The number of fused-ring (bicyclic) bond motifs is 2. The molecule has 0 aromatic heterocycles. The third-order valence-electron chi connectivity index (χ3n) is 11.3. The van der Waals surface area contributed by atoms with Gasteiger partial charge < -0.3 is 10.6 Å². The van der Waals surface area contributed by atoms with Gasteiger partial charge in [0.15, 0.2) is 0 Å². The average molecular weight is 531 g/mol. The molecular formula is C38H46N2. The molecule has 2 heteroatoms. The molecule has 40 heavy (non-hydrogen) atoms. The largest absolute Gasteiger partial charge is 0.316 e. The summed E-state index contributed by atoms with van der Waals surface area (Å²) in [5.41, 5.74) is 4.10. The van der Waals surface area contributed by atoms with Crippen molar-refractivity contribution >= 4 is 21.5 Å². The van der Waals surface area contributed by atoms with E-state index in [0.29, 0.717) is 10.8 Å². The van der Waals surface area contributed by atoms with Gasteiger partial charge in [-0.05, 0) is 120 Å². The SMILES string of the molecule is c1ccc2cc(C3(C4CCNC4)CCCC3)ccc2c1.c1ccc2cc(C3(C4CCNC4)CCCC3)ccc2c1. The van der Waals surface area contributed by atoms with Gasteiger partial charge >= 0.3 is 0 Å². The second kappa shape index (κ2) is 11.3. The molecule has 0 radical (unpaired) electrons. The molecule has 2 atom stereocenters. The molecule has 8 rings (SSSR count). The fourth-order valence-electron chi connectivity index (χ4n) is 9.13. The lowest BCUT2D eigenvalue weighted by molar-refractivity contribution is 0.292. The zero-order valence-corrected chi connectivity index (χ0v) is 24.1. The standard InChI is InChI=1S/2C19H23N/c2*1-2-6-16-13-17(8-7-15(16)5-1)19(10-3-4-11-19)18-9-12-20-14-18/h2*1-2,5-8,13,18,20H,3-4,9-12,14H2. The summed E-state index contributed by atoms with van der Waals surface area (Å²) in [6.07, 6.45) is 13.9. The Bertz CT molecular complexity index is 1320. The minimum atomic E-state index is 0.452. The van der Waals surface area contributed by atoms with Gasteiger partial charge in [0.1, 0.15) is 0 Å². The first-order chi connectivity index (χ1) is 19.8. The lowest BCUT2D eigenvalue weighted by atomic mass is 9.68. The summed E-state index contributed by atoms with van der Waals surface area (Å²) in [5.74, 6) is 1.68. The molecular weight excluding hydrogens is 484 g/mol. The molecule has 2 N–H and O–H groups in total. The molecule has 4 aliphatic rings. The van der Waals surface area contributed by atoms with Crippen LogP contribution in [-0.2, 0) is 10.8 Å². The predicted octanol–water partition coefficient (Wildman–Crippen LogP) is 8.52. The van der Waals surface area contributed by atoms with Crippen LogP contribution in [0.4, 0.5) is 0 Å². The van der Waals surface area contributed by atoms with Crippen LogP contribution in [0.5, 0.6) is 0 Å². The van der Waals surface area contributed by atoms with Crippen LogP contribution >= 0.6 is 0 Å². The fourth-order valence-corrected chi connectivity index (χ4v) is 9.13. The number of hydrogen-bond donors (Lipinski definition) is 2. The van der Waals surface area contributed by atoms with E-state index in [2.05, 4.69) is 95.6 Å². The third kappa shape index (κ3) is 4.78. The normalized spacial score (nSPS) is 25.3. The minimum absolute atomic E-state index is 0.452. The molecule has 2 aliphatic carbocycles. The molecule has 208 valence electrons. The molecule has 4 aromatic carbocycles. The highest BCUT2D eigenvalue weighted by Gasteiger charge is 2.44. The van der Waals surface area contributed by atoms with Crippen LogP contribution in [0.1, 0.15) is 75.3 Å². The van der Waals surface area contributed by atoms with E-state index in [0.717, 1.165) is 11.8 Å². The molecule has 0 amide bonds. The molecule has 2 nitrogen and oxygen atoms in total. The maximum absolute atomic E-state index is 3.58. The van der Waals surface area contributed by atoms with Crippen LogP contribution in [0.15, 0.2) is 84.9 Å². The van der Waals surface area contributed by atoms with Crippen molar-refractivity contribution in [1.82, 2.24) is 10.6 Å². The summed E-state index contributed by atoms with van der Waals surface area (Å²) < 4.78 is 0. The van der Waals surface area contributed by atoms with Gasteiger partial charge in [-0.1, -0.05) is 111 Å². The van der Waals surface area contributed by atoms with Crippen LogP contribution in [0.25, 0.3) is 21.5 Å². The first-order valence-corrected chi connectivity index (χ1v) is 16.2. The topological polar surface area (TPSA) is 24.1 Å². The summed E-state index contributed by atoms with van der Waals surface area (Å²) in [7, 11) is 0. The minimum Gasteiger partial charge on any atom is -0.316 e. The zero-order chi connectivity index (χ0) is 26.8. The summed E-state index contributed by atoms with van der Waals surface area (Å²) in [6, 6.07) is 31.9. The Morgan fingerprint density at radius 3 is 1.25 bits per heavy atom. The van der Waals surface area contributed by atoms with E-state index in [1.165, 1.54) is 112 Å². The van der Waals surface area contributed by atoms with E-state index in [1.54, 1.807) is 11.1 Å². The van der Waals surface area contributed by atoms with Crippen LogP contribution in [-0.4, -0.2) is 26.2 Å². The van der Waals surface area contributed by atoms with Crippen LogP contribution < -0.4 is 10.6 Å². The molecule has 2 saturated heterocycles. The van der Waals surface area contributed by atoms with Gasteiger partial charge in [0.2, 0.25) is 0 Å². The Kier molecular flexibility index (Phi) is 7.41. The maximum atomic E-state index is 3.58. The first kappa shape index (κ1) is 26.2. The van der Waals surface area contributed by atoms with Crippen molar-refractivity contribution in [1.29, 1.82) is 0 Å². The molecule has 2 saturated carbocycles. The average Bonchev–Trinajstić information content (AvgIpc) is 3.84. The third-order valence-corrected chi connectivity index (χ3v) is 11.3. The van der Waals surface area contributed by atoms with Crippen LogP contribution in [0, 0.1) is 11.8 Å². The number of hydrogen-bond acceptors (Lipinski definition) is 2. The van der Waals surface area contributed by atoms with Gasteiger partial charge in [-0.25, -0.2) is 0 Å². The second-order valence-corrected chi connectivity index (χ2v) is 13.2. The smallest absolute Gasteiger partial charge is 0.000597 e. The lowest BCUT2D eigenvalue weighted by Gasteiger charge is -2.36. The fraction of sp³-hybridized carbons (Fsp3) is 0.474. The van der Waals surface area contributed by atoms with Crippen molar-refractivity contribution in [3.05, 3.63) is 96.1 Å². The van der Waals surface area contributed by atoms with Crippen LogP contribution in [0.3, 0.4) is 0 Å². The van der Waals surface area contributed by atoms with Gasteiger partial charge in [-0.15, -0.1) is 0 Å². The number of benzene rings is 4. The Morgan fingerprint density at radius 1 is 0.475 bits per heavy atom.